The summed E-state index contributed by atoms with van der Waals surface area (Å²) in [6, 6.07) is 7.00. The molecule has 1 atom stereocenters. The maximum atomic E-state index is 12.8. The van der Waals surface area contributed by atoms with E-state index in [1.54, 1.807) is 18.2 Å². The van der Waals surface area contributed by atoms with Gasteiger partial charge in [-0.3, -0.25) is 9.69 Å². The van der Waals surface area contributed by atoms with E-state index >= 15 is 0 Å². The molecular formula is C22H30N6O2. The summed E-state index contributed by atoms with van der Waals surface area (Å²) >= 11 is 0. The molecule has 1 unspecified atom stereocenters. The zero-order valence-corrected chi connectivity index (χ0v) is 17.7. The Morgan fingerprint density at radius 2 is 1.87 bits per heavy atom. The van der Waals surface area contributed by atoms with E-state index in [0.717, 1.165) is 23.4 Å². The average Bonchev–Trinajstić information content (AvgIpc) is 2.87. The number of guanidine groups is 1. The van der Waals surface area contributed by atoms with Crippen LogP contribution in [0.2, 0.25) is 0 Å². The van der Waals surface area contributed by atoms with Gasteiger partial charge >= 0.3 is 6.03 Å². The summed E-state index contributed by atoms with van der Waals surface area (Å²) in [6.45, 7) is 6.30. The van der Waals surface area contributed by atoms with Crippen molar-refractivity contribution in [2.75, 3.05) is 5.32 Å². The number of urea groups is 1. The van der Waals surface area contributed by atoms with Gasteiger partial charge in [-0.15, -0.1) is 0 Å². The molecule has 3 amide bonds. The molecule has 8 heteroatoms. The van der Waals surface area contributed by atoms with E-state index in [9.17, 15) is 9.59 Å². The van der Waals surface area contributed by atoms with Crippen molar-refractivity contribution in [3.63, 3.8) is 0 Å². The lowest BCUT2D eigenvalue weighted by Crippen LogP contribution is -2.43. The Labute approximate surface area is 177 Å². The second kappa shape index (κ2) is 8.61. The number of amides is 3. The van der Waals surface area contributed by atoms with Gasteiger partial charge in [0.25, 0.3) is 5.91 Å². The number of aliphatic imine (C=N–C) groups is 1. The molecule has 3 rings (SSSR count). The fourth-order valence-electron chi connectivity index (χ4n) is 3.78. The van der Waals surface area contributed by atoms with Crippen LogP contribution in [0.4, 0.5) is 10.5 Å². The third kappa shape index (κ3) is 5.00. The fraction of sp³-hybridized carbons (Fsp3) is 0.409. The first-order chi connectivity index (χ1) is 14.2. The Balaban J connectivity index is 1.58. The number of hydrogen-bond donors (Lipinski definition) is 4. The minimum atomic E-state index is -0.800. The van der Waals surface area contributed by atoms with E-state index in [1.807, 2.05) is 25.1 Å². The van der Waals surface area contributed by atoms with Crippen LogP contribution >= 0.6 is 0 Å². The van der Waals surface area contributed by atoms with Crippen LogP contribution < -0.4 is 22.1 Å². The molecule has 1 aromatic rings. The second-order valence-electron chi connectivity index (χ2n) is 8.44. The number of nitrogens with one attached hydrogen (secondary N) is 2. The summed E-state index contributed by atoms with van der Waals surface area (Å²) < 4.78 is 0. The van der Waals surface area contributed by atoms with Gasteiger partial charge in [0.15, 0.2) is 5.96 Å². The lowest BCUT2D eigenvalue weighted by molar-refractivity contribution is -0.131. The number of carbonyl (C=O) groups excluding carboxylic acids is 2. The van der Waals surface area contributed by atoms with Gasteiger partial charge in [-0.25, -0.2) is 9.79 Å². The van der Waals surface area contributed by atoms with Crippen LogP contribution in [-0.2, 0) is 11.3 Å². The van der Waals surface area contributed by atoms with E-state index in [4.69, 9.17) is 11.5 Å². The highest BCUT2D eigenvalue weighted by Crippen LogP contribution is 2.29. The molecule has 1 aromatic carbocycles. The summed E-state index contributed by atoms with van der Waals surface area (Å²) in [7, 11) is 0. The van der Waals surface area contributed by atoms with E-state index < -0.39 is 5.54 Å². The molecule has 0 aromatic heterocycles. The normalized spacial score (nSPS) is 21.3. The van der Waals surface area contributed by atoms with E-state index in [0.29, 0.717) is 31.0 Å². The van der Waals surface area contributed by atoms with Gasteiger partial charge in [0, 0.05) is 17.1 Å². The number of hydrogen-bond acceptors (Lipinski definition) is 5. The highest BCUT2D eigenvalue weighted by molar-refractivity contribution is 6.06. The van der Waals surface area contributed by atoms with Crippen LogP contribution in [-0.4, -0.2) is 28.3 Å². The number of anilines is 1. The van der Waals surface area contributed by atoms with Crippen molar-refractivity contribution >= 4 is 23.6 Å². The summed E-state index contributed by atoms with van der Waals surface area (Å²) in [5.74, 6) is 0.510. The van der Waals surface area contributed by atoms with Crippen molar-refractivity contribution in [2.45, 2.75) is 52.1 Å². The molecule has 8 nitrogen and oxygen atoms in total. The molecule has 1 aliphatic carbocycles. The predicted molar refractivity (Wildman–Crippen MR) is 118 cm³/mol. The number of carbonyl (C=O) groups is 2. The van der Waals surface area contributed by atoms with Crippen molar-refractivity contribution in [2.24, 2.45) is 22.4 Å². The Bertz CT molecular complexity index is 916. The standard InChI is InChI=1S/C22H30N6O2/c1-14(2)12-22(3)19(29)28(20(24)27-22)13-15-4-8-17(9-5-15)25-21(30)26-18-10-6-16(23)7-11-18/h4-6,8-10,14H,7,11-13,23H2,1-3H3,(H2,24,27)(H2,25,26,30). The first kappa shape index (κ1) is 21.4. The molecule has 0 saturated heterocycles. The highest BCUT2D eigenvalue weighted by atomic mass is 16.2. The average molecular weight is 411 g/mol. The largest absolute Gasteiger partial charge is 0.402 e. The topological polar surface area (TPSA) is 126 Å². The SMILES string of the molecule is CC(C)CC1(C)N=C(N)N(Cc2ccc(NC(=O)NC3=CC=C(N)CC3)cc2)C1=O. The second-order valence-corrected chi connectivity index (χ2v) is 8.44. The third-order valence-electron chi connectivity index (χ3n) is 5.16. The minimum absolute atomic E-state index is 0.0780. The summed E-state index contributed by atoms with van der Waals surface area (Å²) in [4.78, 5) is 31.0. The van der Waals surface area contributed by atoms with Crippen LogP contribution in [0.25, 0.3) is 0 Å². The molecule has 0 spiro atoms. The van der Waals surface area contributed by atoms with Gasteiger partial charge in [0.1, 0.15) is 5.54 Å². The van der Waals surface area contributed by atoms with Crippen molar-refractivity contribution in [3.8, 4) is 0 Å². The van der Waals surface area contributed by atoms with Crippen molar-refractivity contribution in [3.05, 3.63) is 53.4 Å². The molecule has 30 heavy (non-hydrogen) atoms. The monoisotopic (exact) mass is 410 g/mol. The molecule has 0 radical (unpaired) electrons. The van der Waals surface area contributed by atoms with Crippen LogP contribution in [0.1, 0.15) is 45.6 Å². The van der Waals surface area contributed by atoms with E-state index in [1.165, 1.54) is 4.90 Å². The molecule has 6 N–H and O–H groups in total. The minimum Gasteiger partial charge on any atom is -0.402 e. The maximum absolute atomic E-state index is 12.8. The summed E-state index contributed by atoms with van der Waals surface area (Å²) in [6.07, 6.45) is 5.71. The van der Waals surface area contributed by atoms with Gasteiger partial charge in [0.05, 0.1) is 6.54 Å². The van der Waals surface area contributed by atoms with Crippen molar-refractivity contribution in [1.29, 1.82) is 0 Å². The Morgan fingerprint density at radius 3 is 2.47 bits per heavy atom. The predicted octanol–water partition coefficient (Wildman–Crippen LogP) is 2.79. The molecule has 2 aliphatic rings. The Morgan fingerprint density at radius 1 is 1.17 bits per heavy atom. The quantitative estimate of drug-likeness (QED) is 0.575. The summed E-state index contributed by atoms with van der Waals surface area (Å²) in [5, 5.41) is 5.62. The van der Waals surface area contributed by atoms with E-state index in [2.05, 4.69) is 29.5 Å². The van der Waals surface area contributed by atoms with Gasteiger partial charge in [0.2, 0.25) is 0 Å². The first-order valence-electron chi connectivity index (χ1n) is 10.2. The third-order valence-corrected chi connectivity index (χ3v) is 5.16. The fourth-order valence-corrected chi connectivity index (χ4v) is 3.78. The van der Waals surface area contributed by atoms with Gasteiger partial charge < -0.3 is 22.1 Å². The lowest BCUT2D eigenvalue weighted by atomic mass is 9.91. The number of benzene rings is 1. The van der Waals surface area contributed by atoms with Crippen LogP contribution in [0.15, 0.2) is 52.8 Å². The highest BCUT2D eigenvalue weighted by Gasteiger charge is 2.43. The Kier molecular flexibility index (Phi) is 6.14. The molecule has 1 heterocycles. The van der Waals surface area contributed by atoms with Crippen LogP contribution in [0.3, 0.4) is 0 Å². The lowest BCUT2D eigenvalue weighted by Gasteiger charge is -2.23. The van der Waals surface area contributed by atoms with E-state index in [-0.39, 0.29) is 17.9 Å². The molecule has 0 saturated carbocycles. The number of allylic oxidation sites excluding steroid dienone is 4. The molecule has 160 valence electrons. The molecule has 0 fully saturated rings. The van der Waals surface area contributed by atoms with Gasteiger partial charge in [-0.2, -0.15) is 0 Å². The first-order valence-corrected chi connectivity index (χ1v) is 10.2. The zero-order valence-electron chi connectivity index (χ0n) is 17.7. The molecular weight excluding hydrogens is 380 g/mol. The summed E-state index contributed by atoms with van der Waals surface area (Å²) in [5.41, 5.74) is 14.1. The number of nitrogens with two attached hydrogens (primary N) is 2. The number of nitrogens with zero attached hydrogens (tertiary/aromatic N) is 2. The van der Waals surface area contributed by atoms with Crippen molar-refractivity contribution in [1.82, 2.24) is 10.2 Å². The van der Waals surface area contributed by atoms with Gasteiger partial charge in [-0.1, -0.05) is 26.0 Å². The molecule has 0 bridgehead atoms. The maximum Gasteiger partial charge on any atom is 0.323 e. The Hall–Kier alpha value is -3.29. The van der Waals surface area contributed by atoms with Crippen molar-refractivity contribution < 1.29 is 9.59 Å². The van der Waals surface area contributed by atoms with Gasteiger partial charge in [-0.05, 0) is 62.0 Å². The number of rotatable bonds is 6. The smallest absolute Gasteiger partial charge is 0.323 e. The zero-order chi connectivity index (χ0) is 21.9. The van der Waals surface area contributed by atoms with Crippen LogP contribution in [0, 0.1) is 5.92 Å². The molecule has 1 aliphatic heterocycles. The van der Waals surface area contributed by atoms with Crippen LogP contribution in [0.5, 0.6) is 0 Å².